The molecule has 0 atom stereocenters. The Kier molecular flexibility index (Phi) is 8.96. The molecule has 0 spiro atoms. The standard InChI is InChI=1S/C37H33F2N7O4/c1-49-30-12-9-22(20-25(30)36(48)44-34-26(38)6-5-7-27(34)39)33-35(46-17-4-3-8-32(46)43-33)29-13-16-40-37(42-29)41-28-11-10-23(21-31(28)50-2)45-18-14-24(47)15-19-45/h3-13,16-17,20-21,24,47H,14-15,18-19H2,1-2H3,(H,44,48)(H,40,41,42). The first-order chi connectivity index (χ1) is 24.3. The van der Waals surface area contributed by atoms with Crippen LogP contribution in [0.3, 0.4) is 0 Å². The zero-order valence-corrected chi connectivity index (χ0v) is 27.2. The van der Waals surface area contributed by atoms with Gasteiger partial charge in [-0.05, 0) is 73.5 Å². The number of pyridine rings is 1. The Hall–Kier alpha value is -6.08. The highest BCUT2D eigenvalue weighted by atomic mass is 19.1. The Bertz CT molecular complexity index is 2180. The Labute approximate surface area is 286 Å². The van der Waals surface area contributed by atoms with E-state index in [-0.39, 0.29) is 17.4 Å². The predicted molar refractivity (Wildman–Crippen MR) is 186 cm³/mol. The van der Waals surface area contributed by atoms with Gasteiger partial charge in [-0.25, -0.2) is 23.7 Å². The number of imidazole rings is 1. The van der Waals surface area contributed by atoms with E-state index in [2.05, 4.69) is 20.5 Å². The molecule has 1 aliphatic rings. The van der Waals surface area contributed by atoms with Crippen LogP contribution in [0.2, 0.25) is 0 Å². The van der Waals surface area contributed by atoms with Crippen LogP contribution < -0.4 is 25.0 Å². The number of rotatable bonds is 9. The number of benzene rings is 3. The van der Waals surface area contributed by atoms with Crippen molar-refractivity contribution in [3.63, 3.8) is 0 Å². The molecule has 3 aromatic carbocycles. The quantitative estimate of drug-likeness (QED) is 0.153. The van der Waals surface area contributed by atoms with E-state index in [0.717, 1.165) is 30.9 Å². The number of amides is 1. The summed E-state index contributed by atoms with van der Waals surface area (Å²) in [6.45, 7) is 1.52. The minimum atomic E-state index is -0.902. The first kappa shape index (κ1) is 32.5. The first-order valence-corrected chi connectivity index (χ1v) is 16.0. The van der Waals surface area contributed by atoms with Gasteiger partial charge in [0.15, 0.2) is 0 Å². The normalized spacial score (nSPS) is 13.3. The van der Waals surface area contributed by atoms with Crippen molar-refractivity contribution in [2.75, 3.05) is 42.8 Å². The molecule has 1 fully saturated rings. The highest BCUT2D eigenvalue weighted by Gasteiger charge is 2.23. The topological polar surface area (TPSA) is 126 Å². The van der Waals surface area contributed by atoms with Crippen LogP contribution in [0, 0.1) is 11.6 Å². The minimum absolute atomic E-state index is 0.0528. The first-order valence-electron chi connectivity index (χ1n) is 16.0. The number of methoxy groups -OCH3 is 2. The van der Waals surface area contributed by atoms with Crippen molar-refractivity contribution in [2.24, 2.45) is 0 Å². The summed E-state index contributed by atoms with van der Waals surface area (Å²) in [7, 11) is 3.01. The van der Waals surface area contributed by atoms with Gasteiger partial charge < -0.3 is 30.1 Å². The van der Waals surface area contributed by atoms with Crippen LogP contribution in [-0.4, -0.2) is 63.8 Å². The van der Waals surface area contributed by atoms with Crippen molar-refractivity contribution < 1.29 is 28.2 Å². The average Bonchev–Trinajstić information content (AvgIpc) is 3.53. The summed E-state index contributed by atoms with van der Waals surface area (Å²) >= 11 is 0. The number of aliphatic hydroxyl groups is 1. The number of nitrogens with one attached hydrogen (secondary N) is 2. The number of carbonyl (C=O) groups excluding carboxylic acids is 1. The summed E-state index contributed by atoms with van der Waals surface area (Å²) < 4.78 is 41.8. The van der Waals surface area contributed by atoms with Gasteiger partial charge in [-0.3, -0.25) is 9.20 Å². The van der Waals surface area contributed by atoms with E-state index in [1.54, 1.807) is 37.6 Å². The lowest BCUT2D eigenvalue weighted by atomic mass is 10.0. The van der Waals surface area contributed by atoms with E-state index >= 15 is 0 Å². The number of hydrogen-bond acceptors (Lipinski definition) is 9. The molecule has 0 unspecified atom stereocenters. The van der Waals surface area contributed by atoms with E-state index in [1.807, 2.05) is 47.0 Å². The molecular weight excluding hydrogens is 644 g/mol. The molecular formula is C37H33F2N7O4. The van der Waals surface area contributed by atoms with Gasteiger partial charge in [-0.1, -0.05) is 12.1 Å². The van der Waals surface area contributed by atoms with E-state index in [4.69, 9.17) is 19.4 Å². The summed E-state index contributed by atoms with van der Waals surface area (Å²) in [4.78, 5) is 29.8. The van der Waals surface area contributed by atoms with Crippen molar-refractivity contribution in [3.05, 3.63) is 108 Å². The van der Waals surface area contributed by atoms with Crippen LogP contribution in [0.15, 0.2) is 91.3 Å². The molecule has 6 aromatic rings. The largest absolute Gasteiger partial charge is 0.496 e. The number of hydrogen-bond donors (Lipinski definition) is 3. The van der Waals surface area contributed by atoms with Crippen LogP contribution in [-0.2, 0) is 0 Å². The Morgan fingerprint density at radius 1 is 0.900 bits per heavy atom. The number of para-hydroxylation sites is 1. The number of ether oxygens (including phenoxy) is 2. The van der Waals surface area contributed by atoms with Gasteiger partial charge in [-0.15, -0.1) is 0 Å². The van der Waals surface area contributed by atoms with Crippen molar-refractivity contribution in [3.8, 4) is 34.1 Å². The lowest BCUT2D eigenvalue weighted by molar-refractivity contribution is 0.102. The van der Waals surface area contributed by atoms with Gasteiger partial charge >= 0.3 is 0 Å². The Balaban J connectivity index is 1.24. The number of anilines is 4. The fourth-order valence-electron chi connectivity index (χ4n) is 6.05. The van der Waals surface area contributed by atoms with Crippen molar-refractivity contribution in [2.45, 2.75) is 18.9 Å². The average molecular weight is 678 g/mol. The van der Waals surface area contributed by atoms with Gasteiger partial charge in [0.1, 0.15) is 34.5 Å². The maximum absolute atomic E-state index is 14.4. The molecule has 0 saturated carbocycles. The molecule has 11 nitrogen and oxygen atoms in total. The number of fused-ring (bicyclic) bond motifs is 1. The summed E-state index contributed by atoms with van der Waals surface area (Å²) in [5.74, 6) is -1.43. The zero-order valence-electron chi connectivity index (χ0n) is 27.2. The monoisotopic (exact) mass is 677 g/mol. The van der Waals surface area contributed by atoms with Gasteiger partial charge in [0.2, 0.25) is 5.95 Å². The van der Waals surface area contributed by atoms with Crippen LogP contribution in [0.1, 0.15) is 23.2 Å². The van der Waals surface area contributed by atoms with Crippen LogP contribution in [0.4, 0.5) is 31.8 Å². The molecule has 7 rings (SSSR count). The van der Waals surface area contributed by atoms with Crippen molar-refractivity contribution >= 4 is 34.6 Å². The molecule has 3 N–H and O–H groups in total. The van der Waals surface area contributed by atoms with E-state index in [0.29, 0.717) is 58.5 Å². The fraction of sp³-hybridized carbons (Fsp3) is 0.189. The van der Waals surface area contributed by atoms with Crippen LogP contribution >= 0.6 is 0 Å². The molecule has 254 valence electrons. The highest BCUT2D eigenvalue weighted by Crippen LogP contribution is 2.36. The maximum Gasteiger partial charge on any atom is 0.259 e. The predicted octanol–water partition coefficient (Wildman–Crippen LogP) is 6.71. The molecule has 1 saturated heterocycles. The van der Waals surface area contributed by atoms with Gasteiger partial charge in [0.25, 0.3) is 5.91 Å². The third-order valence-corrected chi connectivity index (χ3v) is 8.61. The Morgan fingerprint density at radius 3 is 2.44 bits per heavy atom. The number of aliphatic hydroxyl groups excluding tert-OH is 1. The maximum atomic E-state index is 14.4. The molecule has 0 bridgehead atoms. The fourth-order valence-corrected chi connectivity index (χ4v) is 6.05. The zero-order chi connectivity index (χ0) is 34.8. The Morgan fingerprint density at radius 2 is 1.68 bits per heavy atom. The van der Waals surface area contributed by atoms with Gasteiger partial charge in [-0.2, -0.15) is 0 Å². The number of aromatic nitrogens is 4. The lowest BCUT2D eigenvalue weighted by Gasteiger charge is -2.31. The second-order valence-corrected chi connectivity index (χ2v) is 11.7. The number of piperidine rings is 1. The summed E-state index contributed by atoms with van der Waals surface area (Å²) in [5.41, 5.74) is 3.99. The third-order valence-electron chi connectivity index (χ3n) is 8.61. The molecule has 1 amide bonds. The number of halogens is 2. The second-order valence-electron chi connectivity index (χ2n) is 11.7. The molecule has 4 heterocycles. The van der Waals surface area contributed by atoms with Crippen LogP contribution in [0.5, 0.6) is 11.5 Å². The molecule has 13 heteroatoms. The molecule has 3 aromatic heterocycles. The van der Waals surface area contributed by atoms with E-state index < -0.39 is 23.2 Å². The van der Waals surface area contributed by atoms with Crippen molar-refractivity contribution in [1.29, 1.82) is 0 Å². The van der Waals surface area contributed by atoms with Crippen LogP contribution in [0.25, 0.3) is 28.3 Å². The molecule has 0 aliphatic carbocycles. The number of nitrogens with zero attached hydrogens (tertiary/aromatic N) is 5. The number of carbonyl (C=O) groups is 1. The molecule has 0 radical (unpaired) electrons. The molecule has 1 aliphatic heterocycles. The van der Waals surface area contributed by atoms with Gasteiger partial charge in [0.05, 0.1) is 48.7 Å². The smallest absolute Gasteiger partial charge is 0.259 e. The van der Waals surface area contributed by atoms with E-state index in [1.165, 1.54) is 13.2 Å². The summed E-state index contributed by atoms with van der Waals surface area (Å²) in [6, 6.07) is 21.4. The second kappa shape index (κ2) is 13.8. The molecule has 50 heavy (non-hydrogen) atoms. The third kappa shape index (κ3) is 6.38. The minimum Gasteiger partial charge on any atom is -0.496 e. The van der Waals surface area contributed by atoms with Gasteiger partial charge in [0, 0.05) is 42.8 Å². The van der Waals surface area contributed by atoms with Crippen molar-refractivity contribution in [1.82, 2.24) is 19.4 Å². The summed E-state index contributed by atoms with van der Waals surface area (Å²) in [6.07, 6.45) is 4.65. The lowest BCUT2D eigenvalue weighted by Crippen LogP contribution is -2.35. The summed E-state index contributed by atoms with van der Waals surface area (Å²) in [5, 5.41) is 15.5. The highest BCUT2D eigenvalue weighted by molar-refractivity contribution is 6.07. The SMILES string of the molecule is COc1cc(N2CCC(O)CC2)ccc1Nc1nccc(-c2c(-c3ccc(OC)c(C(=O)Nc4c(F)cccc4F)c3)nc3ccccn23)n1. The van der Waals surface area contributed by atoms with E-state index in [9.17, 15) is 18.7 Å².